The predicted molar refractivity (Wildman–Crippen MR) is 142 cm³/mol. The van der Waals surface area contributed by atoms with Crippen LogP contribution in [0.25, 0.3) is 22.2 Å². The molecule has 2 aliphatic rings. The van der Waals surface area contributed by atoms with Crippen LogP contribution in [-0.2, 0) is 17.1 Å². The van der Waals surface area contributed by atoms with E-state index in [1.54, 1.807) is 8.99 Å². The number of piperidine rings is 2. The van der Waals surface area contributed by atoms with Crippen molar-refractivity contribution in [2.45, 2.75) is 63.7 Å². The van der Waals surface area contributed by atoms with Gasteiger partial charge in [0, 0.05) is 67.8 Å². The van der Waals surface area contributed by atoms with Crippen molar-refractivity contribution in [2.75, 3.05) is 19.6 Å². The lowest BCUT2D eigenvalue weighted by Gasteiger charge is -2.45. The summed E-state index contributed by atoms with van der Waals surface area (Å²) in [5, 5.41) is 14.4. The molecule has 0 spiro atoms. The topological polar surface area (TPSA) is 124 Å². The summed E-state index contributed by atoms with van der Waals surface area (Å²) < 4.78 is 30.7. The first-order valence-corrected chi connectivity index (χ1v) is 14.4. The molecule has 2 saturated heterocycles. The van der Waals surface area contributed by atoms with E-state index in [9.17, 15) is 18.3 Å². The third-order valence-corrected chi connectivity index (χ3v) is 10.4. The smallest absolute Gasteiger partial charge is 0.407 e. The number of carboxylic acid groups (broad SMARTS) is 1. The largest absolute Gasteiger partial charge is 0.465 e. The molecule has 2 N–H and O–H groups in total. The van der Waals surface area contributed by atoms with E-state index < -0.39 is 21.4 Å². The van der Waals surface area contributed by atoms with Gasteiger partial charge < -0.3 is 15.0 Å². The maximum absolute atomic E-state index is 13.6. The van der Waals surface area contributed by atoms with Crippen molar-refractivity contribution in [3.63, 3.8) is 0 Å². The molecule has 3 aromatic heterocycles. The number of fused-ring (bicyclic) bond motifs is 1. The minimum Gasteiger partial charge on any atom is -0.465 e. The molecule has 11 heteroatoms. The summed E-state index contributed by atoms with van der Waals surface area (Å²) in [6, 6.07) is 1.81. The summed E-state index contributed by atoms with van der Waals surface area (Å²) in [5.74, 6) is 0.238. The number of likely N-dealkylation sites (tertiary alicyclic amines) is 1. The summed E-state index contributed by atoms with van der Waals surface area (Å²) >= 11 is 0. The maximum Gasteiger partial charge on any atom is 0.407 e. The van der Waals surface area contributed by atoms with Crippen LogP contribution >= 0.6 is 0 Å². The van der Waals surface area contributed by atoms with Crippen molar-refractivity contribution < 1.29 is 18.3 Å². The Bertz CT molecular complexity index is 1400. The number of amides is 1. The van der Waals surface area contributed by atoms with Crippen LogP contribution in [0.1, 0.15) is 57.9 Å². The fourth-order valence-electron chi connectivity index (χ4n) is 5.98. The number of H-pyrrole nitrogens is 1. The normalized spacial score (nSPS) is 22.5. The number of hydrogen-bond acceptors (Lipinski definition) is 5. The number of sulfonamides is 1. The van der Waals surface area contributed by atoms with Crippen LogP contribution in [0.15, 0.2) is 30.9 Å². The van der Waals surface area contributed by atoms with Gasteiger partial charge in [-0.1, -0.05) is 20.8 Å². The summed E-state index contributed by atoms with van der Waals surface area (Å²) in [6.45, 7) is 7.11. The molecule has 0 aliphatic carbocycles. The van der Waals surface area contributed by atoms with Gasteiger partial charge in [-0.25, -0.2) is 22.5 Å². The Morgan fingerprint density at radius 3 is 2.46 bits per heavy atom. The van der Waals surface area contributed by atoms with Crippen molar-refractivity contribution in [1.29, 1.82) is 0 Å². The second-order valence-corrected chi connectivity index (χ2v) is 13.7. The van der Waals surface area contributed by atoms with Gasteiger partial charge in [0.05, 0.1) is 11.4 Å². The van der Waals surface area contributed by atoms with Gasteiger partial charge >= 0.3 is 6.09 Å². The molecule has 2 unspecified atom stereocenters. The number of rotatable bonds is 4. The van der Waals surface area contributed by atoms with Gasteiger partial charge in [-0.15, -0.1) is 0 Å². The van der Waals surface area contributed by atoms with Gasteiger partial charge in [0.15, 0.2) is 0 Å². The Morgan fingerprint density at radius 2 is 1.84 bits per heavy atom. The monoisotopic (exact) mass is 528 g/mol. The summed E-state index contributed by atoms with van der Waals surface area (Å²) in [5.41, 5.74) is 3.68. The molecule has 2 fully saturated rings. The van der Waals surface area contributed by atoms with Crippen LogP contribution in [0.2, 0.25) is 0 Å². The van der Waals surface area contributed by atoms with Gasteiger partial charge in [-0.3, -0.25) is 4.68 Å². The first-order chi connectivity index (χ1) is 17.4. The van der Waals surface area contributed by atoms with Crippen LogP contribution in [-0.4, -0.2) is 79.5 Å². The first kappa shape index (κ1) is 25.7. The lowest BCUT2D eigenvalue weighted by Crippen LogP contribution is -2.56. The highest BCUT2D eigenvalue weighted by Gasteiger charge is 2.45. The van der Waals surface area contributed by atoms with Crippen LogP contribution in [0.4, 0.5) is 4.79 Å². The molecule has 10 nitrogen and oxygen atoms in total. The van der Waals surface area contributed by atoms with Gasteiger partial charge in [0.25, 0.3) is 0 Å². The van der Waals surface area contributed by atoms with E-state index in [4.69, 9.17) is 0 Å². The average molecular weight is 529 g/mol. The summed E-state index contributed by atoms with van der Waals surface area (Å²) in [7, 11) is -1.63. The van der Waals surface area contributed by atoms with Crippen LogP contribution in [0, 0.1) is 5.41 Å². The Hall–Kier alpha value is -2.92. The Labute approximate surface area is 217 Å². The molecule has 5 rings (SSSR count). The lowest BCUT2D eigenvalue weighted by molar-refractivity contribution is 0.0597. The zero-order valence-corrected chi connectivity index (χ0v) is 22.7. The fraction of sp³-hybridized carbons (Fsp3) is 0.577. The number of nitrogens with one attached hydrogen (secondary N) is 1. The predicted octanol–water partition coefficient (Wildman–Crippen LogP) is 4.03. The number of aromatic nitrogens is 4. The first-order valence-electron chi connectivity index (χ1n) is 12.9. The number of carbonyl (C=O) groups is 1. The number of hydrogen-bond donors (Lipinski definition) is 2. The van der Waals surface area contributed by atoms with Crippen molar-refractivity contribution >= 4 is 27.1 Å². The van der Waals surface area contributed by atoms with Gasteiger partial charge in [-0.05, 0) is 48.6 Å². The third kappa shape index (κ3) is 4.86. The molecule has 200 valence electrons. The molecule has 0 aromatic carbocycles. The van der Waals surface area contributed by atoms with Crippen molar-refractivity contribution in [2.24, 2.45) is 12.5 Å². The standard InChI is InChI=1S/C26H36N6O4S/c1-26(2,3)23-12-20(7-10-32(23)25(33)34)37(35,36)31-8-5-17(6-9-31)22-15-28-24-21(22)11-18(13-27-24)19-14-29-30(4)16-19/h11,13-17,20,23H,5-10,12H2,1-4H3,(H,27,28)(H,33,34). The number of nitrogens with zero attached hydrogens (tertiary/aromatic N) is 5. The van der Waals surface area contributed by atoms with E-state index in [2.05, 4.69) is 21.1 Å². The minimum absolute atomic E-state index is 0.238. The van der Waals surface area contributed by atoms with E-state index in [1.807, 2.05) is 52.6 Å². The zero-order chi connectivity index (χ0) is 26.5. The van der Waals surface area contributed by atoms with Crippen LogP contribution in [0.5, 0.6) is 0 Å². The highest BCUT2D eigenvalue weighted by atomic mass is 32.2. The number of aromatic amines is 1. The molecule has 1 amide bonds. The van der Waals surface area contributed by atoms with E-state index in [0.717, 1.165) is 35.0 Å². The maximum atomic E-state index is 13.6. The van der Waals surface area contributed by atoms with Gasteiger partial charge in [0.1, 0.15) is 5.65 Å². The van der Waals surface area contributed by atoms with E-state index in [-0.39, 0.29) is 23.9 Å². The zero-order valence-electron chi connectivity index (χ0n) is 21.9. The quantitative estimate of drug-likeness (QED) is 0.527. The SMILES string of the molecule is Cn1cc(-c2cnc3[nH]cc(C4CCN(S(=O)(=O)C5CCN(C(=O)O)C(C(C)(C)C)C5)CC4)c3c2)cn1. The molecule has 37 heavy (non-hydrogen) atoms. The molecule has 0 saturated carbocycles. The fourth-order valence-corrected chi connectivity index (χ4v) is 7.95. The molecule has 3 aromatic rings. The lowest BCUT2D eigenvalue weighted by atomic mass is 9.80. The van der Waals surface area contributed by atoms with E-state index >= 15 is 0 Å². The number of aryl methyl sites for hydroxylation is 1. The molecule has 5 heterocycles. The van der Waals surface area contributed by atoms with E-state index in [0.29, 0.717) is 25.9 Å². The molecule has 0 radical (unpaired) electrons. The Morgan fingerprint density at radius 1 is 1.11 bits per heavy atom. The molecular weight excluding hydrogens is 492 g/mol. The van der Waals surface area contributed by atoms with Crippen molar-refractivity contribution in [3.05, 3.63) is 36.4 Å². The summed E-state index contributed by atoms with van der Waals surface area (Å²) in [4.78, 5) is 21.1. The second-order valence-electron chi connectivity index (χ2n) is 11.5. The Kier molecular flexibility index (Phi) is 6.56. The number of pyridine rings is 1. The molecule has 2 atom stereocenters. The molecule has 0 bridgehead atoms. The molecule has 2 aliphatic heterocycles. The van der Waals surface area contributed by atoms with Crippen molar-refractivity contribution in [3.8, 4) is 11.1 Å². The average Bonchev–Trinajstić information content (AvgIpc) is 3.49. The van der Waals surface area contributed by atoms with Gasteiger partial charge in [-0.2, -0.15) is 5.10 Å². The van der Waals surface area contributed by atoms with Crippen molar-refractivity contribution in [1.82, 2.24) is 29.0 Å². The van der Waals surface area contributed by atoms with Crippen LogP contribution in [0.3, 0.4) is 0 Å². The van der Waals surface area contributed by atoms with Crippen LogP contribution < -0.4 is 0 Å². The third-order valence-electron chi connectivity index (χ3n) is 8.08. The molecular formula is C26H36N6O4S. The van der Waals surface area contributed by atoms with E-state index in [1.165, 1.54) is 10.5 Å². The highest BCUT2D eigenvalue weighted by molar-refractivity contribution is 7.89. The summed E-state index contributed by atoms with van der Waals surface area (Å²) in [6.07, 6.45) is 8.81. The Balaban J connectivity index is 1.30. The highest BCUT2D eigenvalue weighted by Crippen LogP contribution is 2.38. The second kappa shape index (κ2) is 9.43. The minimum atomic E-state index is -3.52. The van der Waals surface area contributed by atoms with Gasteiger partial charge in [0.2, 0.25) is 10.0 Å².